The molecule has 1 aromatic rings. The third kappa shape index (κ3) is 1.89. The molecule has 82 valence electrons. The molecular weight excluding hydrogens is 192 g/mol. The molecule has 0 aromatic carbocycles. The van der Waals surface area contributed by atoms with Crippen molar-refractivity contribution in [2.45, 2.75) is 44.9 Å². The number of aromatic amines is 1. The molecular formula is C11H16N2O2. The maximum atomic E-state index is 11.0. The van der Waals surface area contributed by atoms with Crippen LogP contribution < -0.4 is 0 Å². The fourth-order valence-corrected chi connectivity index (χ4v) is 2.49. The van der Waals surface area contributed by atoms with E-state index in [9.17, 15) is 4.79 Å². The molecule has 4 heteroatoms. The summed E-state index contributed by atoms with van der Waals surface area (Å²) in [6, 6.07) is 0. The van der Waals surface area contributed by atoms with E-state index in [4.69, 9.17) is 5.11 Å². The molecule has 0 spiro atoms. The molecule has 1 heterocycles. The Morgan fingerprint density at radius 3 is 2.67 bits per heavy atom. The first kappa shape index (κ1) is 10.2. The van der Waals surface area contributed by atoms with Gasteiger partial charge in [-0.2, -0.15) is 5.10 Å². The first-order valence-electron chi connectivity index (χ1n) is 5.48. The molecule has 1 aliphatic rings. The quantitative estimate of drug-likeness (QED) is 0.784. The molecule has 4 nitrogen and oxygen atoms in total. The van der Waals surface area contributed by atoms with Gasteiger partial charge in [0.15, 0.2) is 5.69 Å². The van der Waals surface area contributed by atoms with Gasteiger partial charge in [-0.1, -0.05) is 19.3 Å². The van der Waals surface area contributed by atoms with Crippen molar-refractivity contribution in [1.29, 1.82) is 0 Å². The first-order valence-corrected chi connectivity index (χ1v) is 5.48. The predicted octanol–water partition coefficient (Wildman–Crippen LogP) is 2.46. The number of carboxylic acid groups (broad SMARTS) is 1. The van der Waals surface area contributed by atoms with Crippen molar-refractivity contribution in [2.75, 3.05) is 0 Å². The van der Waals surface area contributed by atoms with E-state index in [-0.39, 0.29) is 5.69 Å². The number of nitrogens with one attached hydrogen (secondary N) is 1. The monoisotopic (exact) mass is 208 g/mol. The number of H-pyrrole nitrogens is 1. The number of carbonyl (C=O) groups is 1. The Kier molecular flexibility index (Phi) is 2.75. The van der Waals surface area contributed by atoms with Gasteiger partial charge in [-0.25, -0.2) is 4.79 Å². The van der Waals surface area contributed by atoms with Crippen LogP contribution in [-0.4, -0.2) is 21.3 Å². The van der Waals surface area contributed by atoms with Crippen LogP contribution in [0.1, 0.15) is 59.8 Å². The molecule has 2 rings (SSSR count). The molecule has 0 bridgehead atoms. The summed E-state index contributed by atoms with van der Waals surface area (Å²) in [6.07, 6.45) is 5.87. The highest BCUT2D eigenvalue weighted by Gasteiger charge is 2.25. The normalized spacial score (nSPS) is 17.9. The highest BCUT2D eigenvalue weighted by Crippen LogP contribution is 2.35. The number of carboxylic acids is 1. The van der Waals surface area contributed by atoms with Crippen LogP contribution in [0.25, 0.3) is 0 Å². The molecule has 0 amide bonds. The molecule has 1 aliphatic carbocycles. The Labute approximate surface area is 88.7 Å². The smallest absolute Gasteiger partial charge is 0.356 e. The number of hydrogen-bond acceptors (Lipinski definition) is 2. The van der Waals surface area contributed by atoms with Gasteiger partial charge in [0, 0.05) is 11.3 Å². The van der Waals surface area contributed by atoms with Crippen LogP contribution in [0.2, 0.25) is 0 Å². The SMILES string of the molecule is Cc1[nH]nc(C(=O)O)c1C1CCCCC1. The lowest BCUT2D eigenvalue weighted by Gasteiger charge is -2.21. The van der Waals surface area contributed by atoms with Crippen LogP contribution in [-0.2, 0) is 0 Å². The summed E-state index contributed by atoms with van der Waals surface area (Å²) >= 11 is 0. The Morgan fingerprint density at radius 1 is 1.40 bits per heavy atom. The van der Waals surface area contributed by atoms with Crippen molar-refractivity contribution < 1.29 is 9.90 Å². The molecule has 0 radical (unpaired) electrons. The van der Waals surface area contributed by atoms with Crippen LogP contribution in [0.4, 0.5) is 0 Å². The van der Waals surface area contributed by atoms with Crippen LogP contribution in [0.5, 0.6) is 0 Å². The van der Waals surface area contributed by atoms with Crippen molar-refractivity contribution in [3.8, 4) is 0 Å². The standard InChI is InChI=1S/C11H16N2O2/c1-7-9(8-5-3-2-4-6-8)10(11(14)15)13-12-7/h8H,2-6H2,1H3,(H,12,13)(H,14,15). The highest BCUT2D eigenvalue weighted by atomic mass is 16.4. The summed E-state index contributed by atoms with van der Waals surface area (Å²) in [7, 11) is 0. The van der Waals surface area contributed by atoms with E-state index in [0.717, 1.165) is 24.1 Å². The summed E-state index contributed by atoms with van der Waals surface area (Å²) in [5.74, 6) is -0.525. The van der Waals surface area contributed by atoms with Gasteiger partial charge in [-0.3, -0.25) is 5.10 Å². The predicted molar refractivity (Wildman–Crippen MR) is 56.1 cm³/mol. The second kappa shape index (κ2) is 4.04. The minimum atomic E-state index is -0.917. The molecule has 0 saturated heterocycles. The minimum absolute atomic E-state index is 0.222. The maximum absolute atomic E-state index is 11.0. The lowest BCUT2D eigenvalue weighted by Crippen LogP contribution is -2.10. The second-order valence-electron chi connectivity index (χ2n) is 4.25. The number of aryl methyl sites for hydroxylation is 1. The molecule has 0 atom stereocenters. The van der Waals surface area contributed by atoms with E-state index >= 15 is 0 Å². The molecule has 0 unspecified atom stereocenters. The fraction of sp³-hybridized carbons (Fsp3) is 0.636. The number of aromatic carboxylic acids is 1. The van der Waals surface area contributed by atoms with Gasteiger partial charge in [-0.05, 0) is 25.7 Å². The Bertz CT molecular complexity index is 365. The van der Waals surface area contributed by atoms with E-state index in [1.54, 1.807) is 0 Å². The number of hydrogen-bond donors (Lipinski definition) is 2. The third-order valence-electron chi connectivity index (χ3n) is 3.21. The van der Waals surface area contributed by atoms with Crippen LogP contribution in [0, 0.1) is 6.92 Å². The average Bonchev–Trinajstić information content (AvgIpc) is 2.61. The first-order chi connectivity index (χ1) is 7.20. The zero-order chi connectivity index (χ0) is 10.8. The number of nitrogens with zero attached hydrogens (tertiary/aromatic N) is 1. The Hall–Kier alpha value is -1.32. The van der Waals surface area contributed by atoms with E-state index < -0.39 is 5.97 Å². The lowest BCUT2D eigenvalue weighted by atomic mass is 9.83. The van der Waals surface area contributed by atoms with Crippen molar-refractivity contribution >= 4 is 5.97 Å². The highest BCUT2D eigenvalue weighted by molar-refractivity contribution is 5.87. The van der Waals surface area contributed by atoms with Crippen molar-refractivity contribution in [1.82, 2.24) is 10.2 Å². The molecule has 1 aromatic heterocycles. The van der Waals surface area contributed by atoms with Crippen molar-refractivity contribution in [3.05, 3.63) is 17.0 Å². The van der Waals surface area contributed by atoms with Crippen LogP contribution in [0.3, 0.4) is 0 Å². The molecule has 1 saturated carbocycles. The molecule has 0 aliphatic heterocycles. The van der Waals surface area contributed by atoms with Gasteiger partial charge in [0.05, 0.1) is 0 Å². The summed E-state index contributed by atoms with van der Waals surface area (Å²) in [5, 5.41) is 15.7. The second-order valence-corrected chi connectivity index (χ2v) is 4.25. The van der Waals surface area contributed by atoms with E-state index in [1.807, 2.05) is 6.92 Å². The van der Waals surface area contributed by atoms with Crippen LogP contribution in [0.15, 0.2) is 0 Å². The maximum Gasteiger partial charge on any atom is 0.356 e. The topological polar surface area (TPSA) is 66.0 Å². The van der Waals surface area contributed by atoms with Gasteiger partial charge < -0.3 is 5.11 Å². The largest absolute Gasteiger partial charge is 0.476 e. The van der Waals surface area contributed by atoms with Crippen LogP contribution >= 0.6 is 0 Å². The van der Waals surface area contributed by atoms with Gasteiger partial charge >= 0.3 is 5.97 Å². The minimum Gasteiger partial charge on any atom is -0.476 e. The van der Waals surface area contributed by atoms with E-state index in [0.29, 0.717) is 5.92 Å². The Balaban J connectivity index is 2.32. The van der Waals surface area contributed by atoms with Gasteiger partial charge in [0.25, 0.3) is 0 Å². The van der Waals surface area contributed by atoms with Gasteiger partial charge in [0.1, 0.15) is 0 Å². The fourth-order valence-electron chi connectivity index (χ4n) is 2.49. The summed E-state index contributed by atoms with van der Waals surface area (Å²) in [5.41, 5.74) is 2.07. The zero-order valence-corrected chi connectivity index (χ0v) is 8.92. The van der Waals surface area contributed by atoms with Gasteiger partial charge in [-0.15, -0.1) is 0 Å². The molecule has 15 heavy (non-hydrogen) atoms. The summed E-state index contributed by atoms with van der Waals surface area (Å²) in [6.45, 7) is 1.91. The average molecular weight is 208 g/mol. The van der Waals surface area contributed by atoms with E-state index in [1.165, 1.54) is 19.3 Å². The Morgan fingerprint density at radius 2 is 2.07 bits per heavy atom. The van der Waals surface area contributed by atoms with Gasteiger partial charge in [0.2, 0.25) is 0 Å². The van der Waals surface area contributed by atoms with Crippen molar-refractivity contribution in [2.24, 2.45) is 0 Å². The molecule has 1 fully saturated rings. The number of aromatic nitrogens is 2. The lowest BCUT2D eigenvalue weighted by molar-refractivity contribution is 0.0688. The number of rotatable bonds is 2. The summed E-state index contributed by atoms with van der Waals surface area (Å²) < 4.78 is 0. The third-order valence-corrected chi connectivity index (χ3v) is 3.21. The van der Waals surface area contributed by atoms with E-state index in [2.05, 4.69) is 10.2 Å². The van der Waals surface area contributed by atoms with Crippen molar-refractivity contribution in [3.63, 3.8) is 0 Å². The zero-order valence-electron chi connectivity index (χ0n) is 8.92. The summed E-state index contributed by atoms with van der Waals surface area (Å²) in [4.78, 5) is 11.0. The molecule has 2 N–H and O–H groups in total.